The van der Waals surface area contributed by atoms with Gasteiger partial charge in [0.15, 0.2) is 6.10 Å². The van der Waals surface area contributed by atoms with Gasteiger partial charge in [0.05, 0.1) is 0 Å². The first kappa shape index (κ1) is 15.4. The summed E-state index contributed by atoms with van der Waals surface area (Å²) in [4.78, 5) is 11.8. The number of hydrogen-bond donors (Lipinski definition) is 2. The normalized spacial score (nSPS) is 12.3. The van der Waals surface area contributed by atoms with Gasteiger partial charge in [-0.15, -0.1) is 0 Å². The van der Waals surface area contributed by atoms with Crippen LogP contribution in [0, 0.1) is 5.82 Å². The molecule has 3 N–H and O–H groups in total. The zero-order valence-corrected chi connectivity index (χ0v) is 11.6. The van der Waals surface area contributed by atoms with Crippen molar-refractivity contribution in [1.29, 1.82) is 0 Å². The van der Waals surface area contributed by atoms with Crippen molar-refractivity contribution in [3.05, 3.63) is 29.6 Å². The quantitative estimate of drug-likeness (QED) is 0.824. The first-order valence-corrected chi connectivity index (χ1v) is 6.39. The number of hydrogen-bond acceptors (Lipinski definition) is 3. The molecule has 0 spiro atoms. The van der Waals surface area contributed by atoms with Gasteiger partial charge in [0, 0.05) is 6.04 Å². The number of carbonyl (C=O) groups excluding carboxylic acids is 1. The van der Waals surface area contributed by atoms with Gasteiger partial charge in [0.1, 0.15) is 11.6 Å². The van der Waals surface area contributed by atoms with E-state index in [2.05, 4.69) is 5.32 Å². The van der Waals surface area contributed by atoms with Crippen molar-refractivity contribution in [2.45, 2.75) is 39.3 Å². The van der Waals surface area contributed by atoms with Gasteiger partial charge >= 0.3 is 0 Å². The Kier molecular flexibility index (Phi) is 5.76. The minimum atomic E-state index is -0.635. The summed E-state index contributed by atoms with van der Waals surface area (Å²) in [5.41, 5.74) is 6.15. The van der Waals surface area contributed by atoms with Crippen molar-refractivity contribution < 1.29 is 13.9 Å². The van der Waals surface area contributed by atoms with Crippen LogP contribution in [-0.2, 0) is 11.2 Å². The summed E-state index contributed by atoms with van der Waals surface area (Å²) in [6.45, 7) is 5.81. The number of nitrogens with one attached hydrogen (secondary N) is 1. The molecule has 0 aliphatic carbocycles. The van der Waals surface area contributed by atoms with Crippen molar-refractivity contribution in [3.63, 3.8) is 0 Å². The monoisotopic (exact) mass is 268 g/mol. The maximum Gasteiger partial charge on any atom is 0.260 e. The molecule has 5 heteroatoms. The van der Waals surface area contributed by atoms with Gasteiger partial charge in [-0.25, -0.2) is 4.39 Å². The fourth-order valence-electron chi connectivity index (χ4n) is 1.66. The molecule has 1 aromatic carbocycles. The summed E-state index contributed by atoms with van der Waals surface area (Å²) in [7, 11) is 0. The minimum absolute atomic E-state index is 0.0512. The molecule has 1 unspecified atom stereocenters. The lowest BCUT2D eigenvalue weighted by Crippen LogP contribution is -2.40. The second-order valence-corrected chi connectivity index (χ2v) is 4.71. The number of carbonyl (C=O) groups is 1. The Morgan fingerprint density at radius 3 is 2.68 bits per heavy atom. The van der Waals surface area contributed by atoms with Crippen LogP contribution in [-0.4, -0.2) is 24.6 Å². The predicted octanol–water partition coefficient (Wildman–Crippen LogP) is 1.62. The standard InChI is InChI=1S/C14H21FN2O2/c1-9(2)17-14(18)10(3)19-13-5-4-12(15)8-11(13)6-7-16/h4-5,8-10H,6-7,16H2,1-3H3,(H,17,18). The first-order chi connectivity index (χ1) is 8.93. The van der Waals surface area contributed by atoms with Crippen molar-refractivity contribution in [1.82, 2.24) is 5.32 Å². The Morgan fingerprint density at radius 1 is 1.42 bits per heavy atom. The summed E-state index contributed by atoms with van der Waals surface area (Å²) in [5, 5.41) is 2.76. The molecule has 0 radical (unpaired) electrons. The lowest BCUT2D eigenvalue weighted by Gasteiger charge is -2.18. The predicted molar refractivity (Wildman–Crippen MR) is 72.5 cm³/mol. The van der Waals surface area contributed by atoms with Crippen LogP contribution in [0.25, 0.3) is 0 Å². The van der Waals surface area contributed by atoms with Crippen molar-refractivity contribution >= 4 is 5.91 Å². The minimum Gasteiger partial charge on any atom is -0.481 e. The fraction of sp³-hybridized carbons (Fsp3) is 0.500. The largest absolute Gasteiger partial charge is 0.481 e. The second kappa shape index (κ2) is 7.09. The van der Waals surface area contributed by atoms with E-state index in [9.17, 15) is 9.18 Å². The third-order valence-electron chi connectivity index (χ3n) is 2.54. The van der Waals surface area contributed by atoms with Crippen LogP contribution in [0.2, 0.25) is 0 Å². The van der Waals surface area contributed by atoms with Crippen LogP contribution < -0.4 is 15.8 Å². The molecule has 1 atom stereocenters. The van der Waals surface area contributed by atoms with E-state index in [0.29, 0.717) is 24.3 Å². The van der Waals surface area contributed by atoms with E-state index in [-0.39, 0.29) is 17.8 Å². The van der Waals surface area contributed by atoms with Gasteiger partial charge in [-0.1, -0.05) is 0 Å². The second-order valence-electron chi connectivity index (χ2n) is 4.71. The van der Waals surface area contributed by atoms with E-state index in [1.807, 2.05) is 13.8 Å². The van der Waals surface area contributed by atoms with E-state index in [1.165, 1.54) is 18.2 Å². The molecule has 0 saturated heterocycles. The van der Waals surface area contributed by atoms with E-state index < -0.39 is 6.10 Å². The molecule has 19 heavy (non-hydrogen) atoms. The topological polar surface area (TPSA) is 64.3 Å². The third-order valence-corrected chi connectivity index (χ3v) is 2.54. The molecule has 1 rings (SSSR count). The summed E-state index contributed by atoms with van der Waals surface area (Å²) in [6, 6.07) is 4.27. The van der Waals surface area contributed by atoms with Crippen LogP contribution in [0.4, 0.5) is 4.39 Å². The van der Waals surface area contributed by atoms with Gasteiger partial charge in [-0.05, 0) is 57.5 Å². The number of benzene rings is 1. The number of amides is 1. The average Bonchev–Trinajstić information content (AvgIpc) is 2.32. The highest BCUT2D eigenvalue weighted by atomic mass is 19.1. The Morgan fingerprint density at radius 2 is 2.11 bits per heavy atom. The molecule has 0 aromatic heterocycles. The summed E-state index contributed by atoms with van der Waals surface area (Å²) in [6.07, 6.45) is -0.129. The molecule has 0 fully saturated rings. The van der Waals surface area contributed by atoms with E-state index >= 15 is 0 Å². The van der Waals surface area contributed by atoms with Gasteiger partial charge in [0.25, 0.3) is 5.91 Å². The third kappa shape index (κ3) is 4.87. The zero-order valence-electron chi connectivity index (χ0n) is 11.6. The van der Waals surface area contributed by atoms with Crippen LogP contribution in [0.5, 0.6) is 5.75 Å². The molecule has 0 saturated carbocycles. The van der Waals surface area contributed by atoms with Crippen molar-refractivity contribution in [2.75, 3.05) is 6.54 Å². The van der Waals surface area contributed by atoms with Crippen LogP contribution in [0.3, 0.4) is 0 Å². The molecule has 1 aromatic rings. The molecule has 0 bridgehead atoms. The molecule has 0 aliphatic rings. The highest BCUT2D eigenvalue weighted by molar-refractivity contribution is 5.80. The van der Waals surface area contributed by atoms with Gasteiger partial charge in [0.2, 0.25) is 0 Å². The molecule has 1 amide bonds. The Bertz CT molecular complexity index is 435. The molecule has 4 nitrogen and oxygen atoms in total. The lowest BCUT2D eigenvalue weighted by atomic mass is 10.1. The molecule has 106 valence electrons. The van der Waals surface area contributed by atoms with E-state index in [0.717, 1.165) is 0 Å². The lowest BCUT2D eigenvalue weighted by molar-refractivity contribution is -0.127. The zero-order chi connectivity index (χ0) is 14.4. The van der Waals surface area contributed by atoms with Gasteiger partial charge < -0.3 is 15.8 Å². The van der Waals surface area contributed by atoms with Crippen molar-refractivity contribution in [2.24, 2.45) is 5.73 Å². The SMILES string of the molecule is CC(C)NC(=O)C(C)Oc1ccc(F)cc1CCN. The fourth-order valence-corrected chi connectivity index (χ4v) is 1.66. The van der Waals surface area contributed by atoms with Gasteiger partial charge in [-0.2, -0.15) is 0 Å². The molecule has 0 heterocycles. The summed E-state index contributed by atoms with van der Waals surface area (Å²) >= 11 is 0. The Hall–Kier alpha value is -1.62. The van der Waals surface area contributed by atoms with E-state index in [1.54, 1.807) is 6.92 Å². The summed E-state index contributed by atoms with van der Waals surface area (Å²) in [5.74, 6) is -0.0358. The molecular formula is C14H21FN2O2. The van der Waals surface area contributed by atoms with Gasteiger partial charge in [-0.3, -0.25) is 4.79 Å². The van der Waals surface area contributed by atoms with Crippen LogP contribution in [0.15, 0.2) is 18.2 Å². The highest BCUT2D eigenvalue weighted by Crippen LogP contribution is 2.21. The number of nitrogens with two attached hydrogens (primary N) is 1. The number of halogens is 1. The number of rotatable bonds is 6. The smallest absolute Gasteiger partial charge is 0.260 e. The summed E-state index contributed by atoms with van der Waals surface area (Å²) < 4.78 is 18.7. The average molecular weight is 268 g/mol. The maximum absolute atomic E-state index is 13.2. The molecular weight excluding hydrogens is 247 g/mol. The van der Waals surface area contributed by atoms with E-state index in [4.69, 9.17) is 10.5 Å². The molecule has 0 aliphatic heterocycles. The Balaban J connectivity index is 2.78. The Labute approximate surface area is 113 Å². The maximum atomic E-state index is 13.2. The van der Waals surface area contributed by atoms with Crippen LogP contribution in [0.1, 0.15) is 26.3 Å². The van der Waals surface area contributed by atoms with Crippen molar-refractivity contribution in [3.8, 4) is 5.75 Å². The first-order valence-electron chi connectivity index (χ1n) is 6.39. The van der Waals surface area contributed by atoms with Crippen LogP contribution >= 0.6 is 0 Å². The highest BCUT2D eigenvalue weighted by Gasteiger charge is 2.17. The number of ether oxygens (including phenoxy) is 1.